The Hall–Kier alpha value is -3.36. The highest BCUT2D eigenvalue weighted by Gasteiger charge is 2.33. The summed E-state index contributed by atoms with van der Waals surface area (Å²) >= 11 is 6.19. The van der Waals surface area contributed by atoms with Crippen molar-refractivity contribution in [3.05, 3.63) is 95.5 Å². The second-order valence-corrected chi connectivity index (χ2v) is 11.8. The highest BCUT2D eigenvalue weighted by Crippen LogP contribution is 2.27. The minimum absolute atomic E-state index is 0.0504. The summed E-state index contributed by atoms with van der Waals surface area (Å²) in [6.07, 6.45) is 3.97. The summed E-state index contributed by atoms with van der Waals surface area (Å²) in [5.41, 5.74) is 1.10. The summed E-state index contributed by atoms with van der Waals surface area (Å²) in [5.74, 6) is -0.746. The molecule has 1 saturated carbocycles. The first-order valence-corrected chi connectivity index (χ1v) is 14.5. The number of rotatable bonds is 10. The van der Waals surface area contributed by atoms with Gasteiger partial charge in [0, 0.05) is 17.6 Å². The molecule has 0 aromatic heterocycles. The van der Waals surface area contributed by atoms with Gasteiger partial charge in [-0.1, -0.05) is 79.0 Å². The predicted octanol–water partition coefficient (Wildman–Crippen LogP) is 5.01. The lowest BCUT2D eigenvalue weighted by atomic mass is 10.1. The van der Waals surface area contributed by atoms with Crippen LogP contribution >= 0.6 is 11.6 Å². The van der Waals surface area contributed by atoms with E-state index < -0.39 is 28.5 Å². The fraction of sp³-hybridized carbons (Fsp3) is 0.310. The highest BCUT2D eigenvalue weighted by atomic mass is 35.5. The molecule has 1 aliphatic rings. The smallest absolute Gasteiger partial charge is 0.264 e. The van der Waals surface area contributed by atoms with Gasteiger partial charge in [-0.25, -0.2) is 8.42 Å². The largest absolute Gasteiger partial charge is 0.352 e. The van der Waals surface area contributed by atoms with E-state index in [-0.39, 0.29) is 29.1 Å². The minimum Gasteiger partial charge on any atom is -0.352 e. The van der Waals surface area contributed by atoms with Crippen molar-refractivity contribution in [2.75, 3.05) is 10.8 Å². The maximum atomic E-state index is 13.9. The van der Waals surface area contributed by atoms with Gasteiger partial charge in [0.25, 0.3) is 10.0 Å². The molecule has 1 fully saturated rings. The monoisotopic (exact) mass is 553 g/mol. The Balaban J connectivity index is 1.66. The van der Waals surface area contributed by atoms with E-state index in [4.69, 9.17) is 11.6 Å². The van der Waals surface area contributed by atoms with E-state index in [0.717, 1.165) is 35.6 Å². The summed E-state index contributed by atoms with van der Waals surface area (Å²) in [6.45, 7) is 1.35. The Morgan fingerprint density at radius 3 is 2.21 bits per heavy atom. The average molecular weight is 554 g/mol. The summed E-state index contributed by atoms with van der Waals surface area (Å²) in [7, 11) is -4.11. The van der Waals surface area contributed by atoms with E-state index in [1.54, 1.807) is 43.3 Å². The molecule has 1 aliphatic carbocycles. The van der Waals surface area contributed by atoms with E-state index in [9.17, 15) is 18.0 Å². The fourth-order valence-electron chi connectivity index (χ4n) is 4.63. The van der Waals surface area contributed by atoms with Crippen molar-refractivity contribution in [3.63, 3.8) is 0 Å². The van der Waals surface area contributed by atoms with Gasteiger partial charge in [0.1, 0.15) is 12.6 Å². The molecule has 0 spiro atoms. The lowest BCUT2D eigenvalue weighted by molar-refractivity contribution is -0.139. The van der Waals surface area contributed by atoms with Crippen molar-refractivity contribution >= 4 is 39.1 Å². The normalized spacial score (nSPS) is 14.6. The van der Waals surface area contributed by atoms with E-state index in [1.807, 2.05) is 30.3 Å². The highest BCUT2D eigenvalue weighted by molar-refractivity contribution is 7.92. The van der Waals surface area contributed by atoms with Crippen LogP contribution in [-0.4, -0.2) is 43.8 Å². The number of carbonyl (C=O) groups excluding carboxylic acids is 2. The Labute approximate surface area is 229 Å². The van der Waals surface area contributed by atoms with Crippen LogP contribution in [0.15, 0.2) is 89.8 Å². The number of nitrogens with zero attached hydrogens (tertiary/aromatic N) is 2. The van der Waals surface area contributed by atoms with Crippen LogP contribution < -0.4 is 9.62 Å². The summed E-state index contributed by atoms with van der Waals surface area (Å²) < 4.78 is 28.5. The van der Waals surface area contributed by atoms with Gasteiger partial charge in [0.05, 0.1) is 10.6 Å². The van der Waals surface area contributed by atoms with Gasteiger partial charge >= 0.3 is 0 Å². The molecule has 1 N–H and O–H groups in total. The first-order chi connectivity index (χ1) is 18.3. The number of halogens is 1. The van der Waals surface area contributed by atoms with Crippen molar-refractivity contribution in [1.82, 2.24) is 10.2 Å². The molecule has 3 aromatic carbocycles. The van der Waals surface area contributed by atoms with Crippen molar-refractivity contribution < 1.29 is 18.0 Å². The van der Waals surface area contributed by atoms with Crippen LogP contribution in [0.5, 0.6) is 0 Å². The van der Waals surface area contributed by atoms with Gasteiger partial charge in [-0.05, 0) is 55.7 Å². The number of sulfonamides is 1. The molecule has 3 aromatic rings. The summed E-state index contributed by atoms with van der Waals surface area (Å²) in [6, 6.07) is 22.9. The third-order valence-corrected chi connectivity index (χ3v) is 8.79. The van der Waals surface area contributed by atoms with Crippen LogP contribution in [-0.2, 0) is 26.2 Å². The predicted molar refractivity (Wildman–Crippen MR) is 149 cm³/mol. The van der Waals surface area contributed by atoms with Crippen molar-refractivity contribution in [3.8, 4) is 0 Å². The number of amides is 2. The van der Waals surface area contributed by atoms with Crippen LogP contribution in [0.3, 0.4) is 0 Å². The van der Waals surface area contributed by atoms with E-state index >= 15 is 0 Å². The first-order valence-electron chi connectivity index (χ1n) is 12.7. The van der Waals surface area contributed by atoms with Crippen LogP contribution in [0.4, 0.5) is 5.69 Å². The number of hydrogen-bond acceptors (Lipinski definition) is 4. The van der Waals surface area contributed by atoms with Crippen LogP contribution in [0, 0.1) is 0 Å². The number of hydrogen-bond donors (Lipinski definition) is 1. The number of benzene rings is 3. The van der Waals surface area contributed by atoms with Gasteiger partial charge in [-0.2, -0.15) is 0 Å². The summed E-state index contributed by atoms with van der Waals surface area (Å²) in [5, 5.41) is 3.41. The van der Waals surface area contributed by atoms with E-state index in [0.29, 0.717) is 5.02 Å². The molecule has 0 saturated heterocycles. The first kappa shape index (κ1) is 27.7. The molecule has 38 heavy (non-hydrogen) atoms. The molecule has 0 bridgehead atoms. The standard InChI is InChI=1S/C29H32ClN3O4S/c1-22(29(35)31-25-14-8-9-15-25)32(20-23-11-4-2-5-12-23)28(34)21-33(26-16-10-13-24(30)19-26)38(36,37)27-17-6-3-7-18-27/h2-7,10-13,16-19,22,25H,8-9,14-15,20-21H2,1H3,(H,31,35)/t22-/m0/s1. The maximum absolute atomic E-state index is 13.9. The molecule has 0 unspecified atom stereocenters. The molecule has 1 atom stereocenters. The maximum Gasteiger partial charge on any atom is 0.264 e. The Bertz CT molecular complexity index is 1350. The molecular formula is C29H32ClN3O4S. The van der Waals surface area contributed by atoms with Crippen LogP contribution in [0.2, 0.25) is 5.02 Å². The molecule has 0 radical (unpaired) electrons. The lowest BCUT2D eigenvalue weighted by Gasteiger charge is -2.32. The third kappa shape index (κ3) is 6.74. The molecule has 2 amide bonds. The number of anilines is 1. The van der Waals surface area contributed by atoms with E-state index in [2.05, 4.69) is 5.32 Å². The van der Waals surface area contributed by atoms with Gasteiger partial charge in [0.15, 0.2) is 0 Å². The molecule has 0 aliphatic heterocycles. The Morgan fingerprint density at radius 1 is 0.947 bits per heavy atom. The lowest BCUT2D eigenvalue weighted by Crippen LogP contribution is -2.52. The second kappa shape index (κ2) is 12.5. The third-order valence-electron chi connectivity index (χ3n) is 6.77. The van der Waals surface area contributed by atoms with Gasteiger partial charge in [-0.15, -0.1) is 0 Å². The van der Waals surface area contributed by atoms with Gasteiger partial charge < -0.3 is 10.2 Å². The molecule has 9 heteroatoms. The fourth-order valence-corrected chi connectivity index (χ4v) is 6.25. The zero-order valence-electron chi connectivity index (χ0n) is 21.3. The SMILES string of the molecule is C[C@@H](C(=O)NC1CCCC1)N(Cc1ccccc1)C(=O)CN(c1cccc(Cl)c1)S(=O)(=O)c1ccccc1. The molecular weight excluding hydrogens is 522 g/mol. The van der Waals surface area contributed by atoms with Crippen molar-refractivity contribution in [2.45, 2.75) is 56.1 Å². The number of nitrogens with one attached hydrogen (secondary N) is 1. The van der Waals surface area contributed by atoms with Gasteiger partial charge in [0.2, 0.25) is 11.8 Å². The van der Waals surface area contributed by atoms with Crippen molar-refractivity contribution in [1.29, 1.82) is 0 Å². The second-order valence-electron chi connectivity index (χ2n) is 9.48. The average Bonchev–Trinajstić information content (AvgIpc) is 3.44. The molecule has 200 valence electrons. The van der Waals surface area contributed by atoms with Gasteiger partial charge in [-0.3, -0.25) is 13.9 Å². The number of carbonyl (C=O) groups is 2. The Kier molecular flexibility index (Phi) is 9.07. The molecule has 7 nitrogen and oxygen atoms in total. The quantitative estimate of drug-likeness (QED) is 0.382. The van der Waals surface area contributed by atoms with Crippen LogP contribution in [0.1, 0.15) is 38.2 Å². The summed E-state index contributed by atoms with van der Waals surface area (Å²) in [4.78, 5) is 28.6. The van der Waals surface area contributed by atoms with Crippen molar-refractivity contribution in [2.24, 2.45) is 0 Å². The van der Waals surface area contributed by atoms with E-state index in [1.165, 1.54) is 23.1 Å². The zero-order chi connectivity index (χ0) is 27.1. The molecule has 0 heterocycles. The molecule has 4 rings (SSSR count). The van der Waals surface area contributed by atoms with Crippen LogP contribution in [0.25, 0.3) is 0 Å². The zero-order valence-corrected chi connectivity index (χ0v) is 22.9. The topological polar surface area (TPSA) is 86.8 Å². The Morgan fingerprint density at radius 2 is 1.58 bits per heavy atom. The minimum atomic E-state index is -4.11.